The van der Waals surface area contributed by atoms with E-state index >= 15 is 0 Å². The number of carbonyl (C=O) groups excluding carboxylic acids is 1. The van der Waals surface area contributed by atoms with Crippen molar-refractivity contribution in [2.24, 2.45) is 0 Å². The molecule has 33 heavy (non-hydrogen) atoms. The molecule has 0 aliphatic heterocycles. The Kier molecular flexibility index (Phi) is 6.80. The van der Waals surface area contributed by atoms with Crippen molar-refractivity contribution in [2.75, 3.05) is 14.2 Å². The van der Waals surface area contributed by atoms with E-state index < -0.39 is 0 Å². The molecular formula is C26H23N3O4. The van der Waals surface area contributed by atoms with Crippen molar-refractivity contribution in [1.82, 2.24) is 15.3 Å². The predicted octanol–water partition coefficient (Wildman–Crippen LogP) is 4.88. The number of nitrogens with one attached hydrogen (secondary N) is 1. The van der Waals surface area contributed by atoms with Crippen molar-refractivity contribution in [3.8, 4) is 34.5 Å². The van der Waals surface area contributed by atoms with Gasteiger partial charge in [-0.1, -0.05) is 30.3 Å². The van der Waals surface area contributed by atoms with Crippen molar-refractivity contribution in [1.29, 1.82) is 0 Å². The van der Waals surface area contributed by atoms with Gasteiger partial charge in [0, 0.05) is 36.0 Å². The van der Waals surface area contributed by atoms with Crippen LogP contribution in [0.25, 0.3) is 11.4 Å². The largest absolute Gasteiger partial charge is 0.497 e. The zero-order chi connectivity index (χ0) is 23.0. The van der Waals surface area contributed by atoms with E-state index in [1.54, 1.807) is 44.7 Å². The molecule has 0 bridgehead atoms. The minimum Gasteiger partial charge on any atom is -0.497 e. The van der Waals surface area contributed by atoms with Gasteiger partial charge in [0.1, 0.15) is 17.2 Å². The van der Waals surface area contributed by atoms with Crippen molar-refractivity contribution in [3.63, 3.8) is 0 Å². The summed E-state index contributed by atoms with van der Waals surface area (Å²) in [6.07, 6.45) is 1.63. The molecular weight excluding hydrogens is 418 g/mol. The first kappa shape index (κ1) is 21.8. The van der Waals surface area contributed by atoms with Crippen LogP contribution in [0.15, 0.2) is 85.1 Å². The quantitative estimate of drug-likeness (QED) is 0.420. The Balaban J connectivity index is 1.40. The summed E-state index contributed by atoms with van der Waals surface area (Å²) < 4.78 is 16.2. The predicted molar refractivity (Wildman–Crippen MR) is 125 cm³/mol. The van der Waals surface area contributed by atoms with Gasteiger partial charge in [-0.2, -0.15) is 4.98 Å². The van der Waals surface area contributed by atoms with E-state index in [0.717, 1.165) is 16.9 Å². The lowest BCUT2D eigenvalue weighted by Gasteiger charge is -2.09. The third kappa shape index (κ3) is 5.65. The van der Waals surface area contributed by atoms with Gasteiger partial charge in [0.2, 0.25) is 5.88 Å². The zero-order valence-corrected chi connectivity index (χ0v) is 18.3. The van der Waals surface area contributed by atoms with Gasteiger partial charge in [-0.25, -0.2) is 4.98 Å². The van der Waals surface area contributed by atoms with Crippen LogP contribution in [-0.4, -0.2) is 30.1 Å². The molecule has 166 valence electrons. The molecule has 0 saturated heterocycles. The number of ether oxygens (including phenoxy) is 3. The van der Waals surface area contributed by atoms with Crippen LogP contribution < -0.4 is 19.5 Å². The van der Waals surface area contributed by atoms with Gasteiger partial charge < -0.3 is 19.5 Å². The molecule has 1 N–H and O–H groups in total. The maximum atomic E-state index is 12.5. The molecule has 7 heteroatoms. The number of nitrogens with zero attached hydrogens (tertiary/aromatic N) is 2. The Morgan fingerprint density at radius 1 is 0.848 bits per heavy atom. The van der Waals surface area contributed by atoms with Gasteiger partial charge in [0.05, 0.1) is 14.2 Å². The standard InChI is InChI=1S/C26H23N3O4/c1-31-21-12-6-18(7-13-21)17-28-26(30)20-10-8-19(9-11-20)25-27-15-14-24(29-25)33-23-5-3-4-22(16-23)32-2/h3-16H,17H2,1-2H3,(H,28,30). The Morgan fingerprint density at radius 2 is 1.58 bits per heavy atom. The second-order valence-corrected chi connectivity index (χ2v) is 7.11. The van der Waals surface area contributed by atoms with Gasteiger partial charge >= 0.3 is 0 Å². The highest BCUT2D eigenvalue weighted by molar-refractivity contribution is 5.94. The first-order valence-corrected chi connectivity index (χ1v) is 10.3. The topological polar surface area (TPSA) is 82.6 Å². The van der Waals surface area contributed by atoms with Crippen molar-refractivity contribution >= 4 is 5.91 Å². The fourth-order valence-corrected chi connectivity index (χ4v) is 3.12. The highest BCUT2D eigenvalue weighted by atomic mass is 16.5. The van der Waals surface area contributed by atoms with Gasteiger partial charge in [0.25, 0.3) is 5.91 Å². The molecule has 0 fully saturated rings. The van der Waals surface area contributed by atoms with Gasteiger partial charge in [0.15, 0.2) is 5.82 Å². The van der Waals surface area contributed by atoms with E-state index in [1.165, 1.54) is 0 Å². The molecule has 1 aromatic heterocycles. The molecule has 0 atom stereocenters. The lowest BCUT2D eigenvalue weighted by Crippen LogP contribution is -2.22. The number of benzene rings is 3. The Hall–Kier alpha value is -4.39. The highest BCUT2D eigenvalue weighted by Crippen LogP contribution is 2.25. The van der Waals surface area contributed by atoms with E-state index in [4.69, 9.17) is 14.2 Å². The monoisotopic (exact) mass is 441 g/mol. The van der Waals surface area contributed by atoms with Crippen LogP contribution in [0.3, 0.4) is 0 Å². The minimum atomic E-state index is -0.159. The summed E-state index contributed by atoms with van der Waals surface area (Å²) in [4.78, 5) is 21.3. The molecule has 7 nitrogen and oxygen atoms in total. The fraction of sp³-hybridized carbons (Fsp3) is 0.115. The smallest absolute Gasteiger partial charge is 0.251 e. The van der Waals surface area contributed by atoms with Gasteiger partial charge in [-0.15, -0.1) is 0 Å². The summed E-state index contributed by atoms with van der Waals surface area (Å²) in [5.74, 6) is 2.84. The zero-order valence-electron chi connectivity index (χ0n) is 18.3. The number of rotatable bonds is 8. The van der Waals surface area contributed by atoms with Crippen LogP contribution in [0, 0.1) is 0 Å². The number of methoxy groups -OCH3 is 2. The normalized spacial score (nSPS) is 10.4. The summed E-state index contributed by atoms with van der Waals surface area (Å²) in [6.45, 7) is 0.428. The van der Waals surface area contributed by atoms with Crippen LogP contribution in [0.1, 0.15) is 15.9 Å². The molecule has 1 amide bonds. The number of hydrogen-bond acceptors (Lipinski definition) is 6. The summed E-state index contributed by atoms with van der Waals surface area (Å²) >= 11 is 0. The van der Waals surface area contributed by atoms with Crippen LogP contribution in [-0.2, 0) is 6.54 Å². The lowest BCUT2D eigenvalue weighted by molar-refractivity contribution is 0.0951. The third-order valence-corrected chi connectivity index (χ3v) is 4.91. The Labute approximate surface area is 192 Å². The minimum absolute atomic E-state index is 0.159. The van der Waals surface area contributed by atoms with Gasteiger partial charge in [-0.3, -0.25) is 4.79 Å². The van der Waals surface area contributed by atoms with Crippen LogP contribution in [0.4, 0.5) is 0 Å². The summed E-state index contributed by atoms with van der Waals surface area (Å²) in [5, 5.41) is 2.92. The van der Waals surface area contributed by atoms with Crippen molar-refractivity contribution in [2.45, 2.75) is 6.54 Å². The van der Waals surface area contributed by atoms with E-state index in [2.05, 4.69) is 15.3 Å². The van der Waals surface area contributed by atoms with E-state index in [-0.39, 0.29) is 5.91 Å². The molecule has 0 aliphatic rings. The molecule has 4 rings (SSSR count). The Morgan fingerprint density at radius 3 is 2.30 bits per heavy atom. The first-order chi connectivity index (χ1) is 16.1. The Bertz CT molecular complexity index is 1230. The summed E-state index contributed by atoms with van der Waals surface area (Å²) in [6, 6.07) is 23.6. The first-order valence-electron chi connectivity index (χ1n) is 10.3. The highest BCUT2D eigenvalue weighted by Gasteiger charge is 2.09. The van der Waals surface area contributed by atoms with Crippen LogP contribution in [0.2, 0.25) is 0 Å². The summed E-state index contributed by atoms with van der Waals surface area (Å²) in [5.41, 5.74) is 2.32. The maximum absolute atomic E-state index is 12.5. The lowest BCUT2D eigenvalue weighted by atomic mass is 10.1. The molecule has 1 heterocycles. The van der Waals surface area contributed by atoms with Crippen LogP contribution in [0.5, 0.6) is 23.1 Å². The second kappa shape index (κ2) is 10.3. The van der Waals surface area contributed by atoms with E-state index in [1.807, 2.05) is 54.6 Å². The average Bonchev–Trinajstić information content (AvgIpc) is 2.88. The molecule has 0 aliphatic carbocycles. The second-order valence-electron chi connectivity index (χ2n) is 7.11. The molecule has 0 radical (unpaired) electrons. The molecule has 0 spiro atoms. The molecule has 4 aromatic rings. The van der Waals surface area contributed by atoms with E-state index in [9.17, 15) is 4.79 Å². The molecule has 3 aromatic carbocycles. The number of amides is 1. The molecule has 0 saturated carbocycles. The number of hydrogen-bond donors (Lipinski definition) is 1. The average molecular weight is 441 g/mol. The van der Waals surface area contributed by atoms with Crippen molar-refractivity contribution < 1.29 is 19.0 Å². The third-order valence-electron chi connectivity index (χ3n) is 4.91. The SMILES string of the molecule is COc1ccc(CNC(=O)c2ccc(-c3nccc(Oc4cccc(OC)c4)n3)cc2)cc1. The molecule has 0 unspecified atom stereocenters. The number of carbonyl (C=O) groups is 1. The fourth-order valence-electron chi connectivity index (χ4n) is 3.12. The number of aromatic nitrogens is 2. The van der Waals surface area contributed by atoms with Crippen molar-refractivity contribution in [3.05, 3.63) is 96.2 Å². The maximum Gasteiger partial charge on any atom is 0.251 e. The van der Waals surface area contributed by atoms with Gasteiger partial charge in [-0.05, 0) is 42.0 Å². The van der Waals surface area contributed by atoms with E-state index in [0.29, 0.717) is 35.3 Å². The summed E-state index contributed by atoms with van der Waals surface area (Å²) in [7, 11) is 3.22. The van der Waals surface area contributed by atoms with Crippen LogP contribution >= 0.6 is 0 Å².